The van der Waals surface area contributed by atoms with E-state index < -0.39 is 9.04 Å². The molecule has 1 aliphatic carbocycles. The Hall–Kier alpha value is -1.80. The van der Waals surface area contributed by atoms with Crippen molar-refractivity contribution in [1.29, 1.82) is 0 Å². The van der Waals surface area contributed by atoms with Gasteiger partial charge in [0.2, 0.25) is 0 Å². The quantitative estimate of drug-likeness (QED) is 0.772. The summed E-state index contributed by atoms with van der Waals surface area (Å²) in [5.74, 6) is 1.11. The van der Waals surface area contributed by atoms with Gasteiger partial charge < -0.3 is 4.43 Å². The van der Waals surface area contributed by atoms with Gasteiger partial charge in [0, 0.05) is 5.56 Å². The lowest BCUT2D eigenvalue weighted by Gasteiger charge is -2.15. The molecule has 0 unspecified atom stereocenters. The van der Waals surface area contributed by atoms with Crippen molar-refractivity contribution in [3.8, 4) is 0 Å². The topological polar surface area (TPSA) is 9.23 Å². The van der Waals surface area contributed by atoms with Crippen molar-refractivity contribution in [2.75, 3.05) is 0 Å². The first-order valence-electron chi connectivity index (χ1n) is 6.60. The summed E-state index contributed by atoms with van der Waals surface area (Å²) < 4.78 is 6.32. The molecular formula is C17H17OSi. The smallest absolute Gasteiger partial charge is 0.313 e. The molecule has 0 N–H and O–H groups in total. The maximum Gasteiger partial charge on any atom is 0.313 e. The number of allylic oxidation sites excluding steroid dienone is 1. The third kappa shape index (κ3) is 2.36. The molecule has 95 valence electrons. The highest BCUT2D eigenvalue weighted by Crippen LogP contribution is 2.33. The maximum absolute atomic E-state index is 6.32. The van der Waals surface area contributed by atoms with Gasteiger partial charge in [-0.25, -0.2) is 0 Å². The van der Waals surface area contributed by atoms with Crippen LogP contribution < -0.4 is 5.19 Å². The summed E-state index contributed by atoms with van der Waals surface area (Å²) in [6.07, 6.45) is 1.02. The molecule has 0 bridgehead atoms. The fraction of sp³-hybridized carbons (Fsp3) is 0.176. The van der Waals surface area contributed by atoms with Crippen LogP contribution in [0.2, 0.25) is 6.55 Å². The zero-order valence-corrected chi connectivity index (χ0v) is 12.3. The largest absolute Gasteiger partial charge is 0.537 e. The number of benzene rings is 2. The Kier molecular flexibility index (Phi) is 3.26. The fourth-order valence-corrected chi connectivity index (χ4v) is 3.89. The molecule has 3 rings (SSSR count). The van der Waals surface area contributed by atoms with Crippen LogP contribution in [0.1, 0.15) is 18.1 Å². The second kappa shape index (κ2) is 5.06. The van der Waals surface area contributed by atoms with Crippen LogP contribution in [-0.4, -0.2) is 9.04 Å². The molecule has 2 heteroatoms. The first kappa shape index (κ1) is 12.2. The van der Waals surface area contributed by atoms with Gasteiger partial charge in [0.05, 0.1) is 0 Å². The molecular weight excluding hydrogens is 248 g/mol. The minimum atomic E-state index is -0.982. The second-order valence-corrected chi connectivity index (χ2v) is 6.86. The highest BCUT2D eigenvalue weighted by molar-refractivity contribution is 6.66. The van der Waals surface area contributed by atoms with Crippen LogP contribution in [0.4, 0.5) is 0 Å². The van der Waals surface area contributed by atoms with Gasteiger partial charge in [0.25, 0.3) is 0 Å². The molecule has 0 heterocycles. The van der Waals surface area contributed by atoms with E-state index in [4.69, 9.17) is 4.43 Å². The van der Waals surface area contributed by atoms with Crippen LogP contribution in [0, 0.1) is 0 Å². The van der Waals surface area contributed by atoms with E-state index in [1.165, 1.54) is 21.9 Å². The van der Waals surface area contributed by atoms with Crippen molar-refractivity contribution in [3.05, 3.63) is 71.3 Å². The van der Waals surface area contributed by atoms with Crippen LogP contribution in [0.5, 0.6) is 0 Å². The number of fused-ring (bicyclic) bond motifs is 1. The van der Waals surface area contributed by atoms with Crippen molar-refractivity contribution >= 4 is 20.0 Å². The summed E-state index contributed by atoms with van der Waals surface area (Å²) in [6, 6.07) is 19.1. The summed E-state index contributed by atoms with van der Waals surface area (Å²) in [5, 5.41) is 1.32. The lowest BCUT2D eigenvalue weighted by Crippen LogP contribution is -2.29. The Morgan fingerprint density at radius 3 is 2.42 bits per heavy atom. The number of hydrogen-bond donors (Lipinski definition) is 0. The van der Waals surface area contributed by atoms with Crippen molar-refractivity contribution in [1.82, 2.24) is 0 Å². The lowest BCUT2D eigenvalue weighted by atomic mass is 10.1. The van der Waals surface area contributed by atoms with E-state index in [2.05, 4.69) is 62.0 Å². The standard InChI is InChI=1S/C17H17OSi/c1-13-12-14-8-6-7-11-16(14)17(13)18-19(2)15-9-4-3-5-10-15/h3-11H,12H2,1-2H3. The van der Waals surface area contributed by atoms with Crippen molar-refractivity contribution in [3.63, 3.8) is 0 Å². The molecule has 1 nitrogen and oxygen atoms in total. The maximum atomic E-state index is 6.32. The Morgan fingerprint density at radius 1 is 0.947 bits per heavy atom. The van der Waals surface area contributed by atoms with Gasteiger partial charge in [-0.05, 0) is 36.2 Å². The van der Waals surface area contributed by atoms with Crippen LogP contribution in [-0.2, 0) is 10.8 Å². The Bertz CT molecular complexity index is 616. The summed E-state index contributed by atoms with van der Waals surface area (Å²) in [5.41, 5.74) is 4.01. The van der Waals surface area contributed by atoms with Gasteiger partial charge in [-0.15, -0.1) is 0 Å². The van der Waals surface area contributed by atoms with E-state index in [0.29, 0.717) is 0 Å². The monoisotopic (exact) mass is 265 g/mol. The van der Waals surface area contributed by atoms with E-state index >= 15 is 0 Å². The number of rotatable bonds is 3. The van der Waals surface area contributed by atoms with Crippen molar-refractivity contribution in [2.24, 2.45) is 0 Å². The Balaban J connectivity index is 1.86. The van der Waals surface area contributed by atoms with Crippen LogP contribution in [0.3, 0.4) is 0 Å². The van der Waals surface area contributed by atoms with Crippen LogP contribution in [0.25, 0.3) is 5.76 Å². The van der Waals surface area contributed by atoms with Crippen molar-refractivity contribution < 1.29 is 4.43 Å². The Morgan fingerprint density at radius 2 is 1.63 bits per heavy atom. The molecule has 0 spiro atoms. The zero-order valence-electron chi connectivity index (χ0n) is 11.3. The molecule has 2 aromatic carbocycles. The van der Waals surface area contributed by atoms with E-state index in [1.54, 1.807) is 0 Å². The van der Waals surface area contributed by atoms with Gasteiger partial charge in [-0.1, -0.05) is 54.6 Å². The van der Waals surface area contributed by atoms with E-state index in [9.17, 15) is 0 Å². The summed E-state index contributed by atoms with van der Waals surface area (Å²) >= 11 is 0. The highest BCUT2D eigenvalue weighted by atomic mass is 28.3. The Labute approximate surface area is 116 Å². The molecule has 0 aromatic heterocycles. The van der Waals surface area contributed by atoms with Gasteiger partial charge in [0.1, 0.15) is 5.76 Å². The number of hydrogen-bond acceptors (Lipinski definition) is 1. The third-order valence-corrected chi connectivity index (χ3v) is 5.20. The average molecular weight is 265 g/mol. The van der Waals surface area contributed by atoms with Gasteiger partial charge >= 0.3 is 9.04 Å². The molecule has 0 saturated carbocycles. The zero-order chi connectivity index (χ0) is 13.2. The summed E-state index contributed by atoms with van der Waals surface area (Å²) in [6.45, 7) is 4.39. The molecule has 1 aliphatic rings. The van der Waals surface area contributed by atoms with Crippen LogP contribution >= 0.6 is 0 Å². The third-order valence-electron chi connectivity index (χ3n) is 3.54. The predicted octanol–water partition coefficient (Wildman–Crippen LogP) is 3.52. The molecule has 2 aromatic rings. The molecule has 0 fully saturated rings. The minimum absolute atomic E-state index is 0.982. The summed E-state index contributed by atoms with van der Waals surface area (Å²) in [4.78, 5) is 0. The molecule has 0 aliphatic heterocycles. The molecule has 19 heavy (non-hydrogen) atoms. The fourth-order valence-electron chi connectivity index (χ4n) is 2.52. The molecule has 0 amide bonds. The lowest BCUT2D eigenvalue weighted by molar-refractivity contribution is 0.540. The first-order chi connectivity index (χ1) is 9.25. The van der Waals surface area contributed by atoms with Gasteiger partial charge in [-0.3, -0.25) is 0 Å². The normalized spacial score (nSPS) is 13.8. The highest BCUT2D eigenvalue weighted by Gasteiger charge is 2.22. The SMILES string of the molecule is CC1=C(O[Si](C)c2ccccc2)c2ccccc2C1. The van der Waals surface area contributed by atoms with Gasteiger partial charge in [-0.2, -0.15) is 0 Å². The average Bonchev–Trinajstić information content (AvgIpc) is 2.76. The van der Waals surface area contributed by atoms with E-state index in [0.717, 1.165) is 12.2 Å². The van der Waals surface area contributed by atoms with E-state index in [1.807, 2.05) is 6.07 Å². The summed E-state index contributed by atoms with van der Waals surface area (Å²) in [7, 11) is -0.982. The van der Waals surface area contributed by atoms with Crippen LogP contribution in [0.15, 0.2) is 60.2 Å². The molecule has 0 atom stereocenters. The van der Waals surface area contributed by atoms with E-state index in [-0.39, 0.29) is 0 Å². The predicted molar refractivity (Wildman–Crippen MR) is 81.5 cm³/mol. The first-order valence-corrected chi connectivity index (χ1v) is 8.51. The van der Waals surface area contributed by atoms with Crippen molar-refractivity contribution in [2.45, 2.75) is 19.9 Å². The second-order valence-electron chi connectivity index (χ2n) is 4.97. The molecule has 0 saturated heterocycles. The molecule has 1 radical (unpaired) electrons. The minimum Gasteiger partial charge on any atom is -0.537 e. The van der Waals surface area contributed by atoms with Gasteiger partial charge in [0.15, 0.2) is 0 Å².